The molecule has 0 aromatic heterocycles. The van der Waals surface area contributed by atoms with E-state index in [-0.39, 0.29) is 11.5 Å². The highest BCUT2D eigenvalue weighted by molar-refractivity contribution is 5.95. The fourth-order valence-corrected chi connectivity index (χ4v) is 2.18. The lowest BCUT2D eigenvalue weighted by atomic mass is 10.1. The summed E-state index contributed by atoms with van der Waals surface area (Å²) in [5, 5.41) is 2.49. The summed E-state index contributed by atoms with van der Waals surface area (Å²) in [6.07, 6.45) is -0.891. The number of anilines is 1. The van der Waals surface area contributed by atoms with E-state index in [4.69, 9.17) is 9.47 Å². The van der Waals surface area contributed by atoms with Crippen LogP contribution in [0.25, 0.3) is 0 Å². The number of nitrogens with one attached hydrogen (secondary N) is 1. The monoisotopic (exact) mass is 345 g/mol. The van der Waals surface area contributed by atoms with Crippen LogP contribution in [0.3, 0.4) is 0 Å². The van der Waals surface area contributed by atoms with Crippen LogP contribution < -0.4 is 14.8 Å². The number of hydrogen-bond donors (Lipinski definition) is 1. The van der Waals surface area contributed by atoms with Crippen molar-refractivity contribution >= 4 is 17.4 Å². The number of aryl methyl sites for hydroxylation is 1. The summed E-state index contributed by atoms with van der Waals surface area (Å²) in [5.74, 6) is -0.455. The van der Waals surface area contributed by atoms with Gasteiger partial charge in [-0.1, -0.05) is 6.07 Å². The van der Waals surface area contributed by atoms with E-state index in [0.29, 0.717) is 17.1 Å². The van der Waals surface area contributed by atoms with Crippen molar-refractivity contribution < 1.29 is 23.5 Å². The zero-order chi connectivity index (χ0) is 18.6. The maximum atomic E-state index is 13.8. The summed E-state index contributed by atoms with van der Waals surface area (Å²) in [5.41, 5.74) is 1.32. The number of halogens is 1. The first-order valence-corrected chi connectivity index (χ1v) is 7.74. The van der Waals surface area contributed by atoms with Crippen molar-refractivity contribution in [1.82, 2.24) is 0 Å². The predicted octanol–water partition coefficient (Wildman–Crippen LogP) is 3.75. The van der Waals surface area contributed by atoms with Crippen LogP contribution in [0, 0.1) is 12.7 Å². The summed E-state index contributed by atoms with van der Waals surface area (Å²) in [4.78, 5) is 23.6. The molecule has 0 saturated carbocycles. The van der Waals surface area contributed by atoms with Crippen LogP contribution in [-0.2, 0) is 4.79 Å². The average molecular weight is 345 g/mol. The topological polar surface area (TPSA) is 64.6 Å². The summed E-state index contributed by atoms with van der Waals surface area (Å²) in [6, 6.07) is 9.23. The van der Waals surface area contributed by atoms with Gasteiger partial charge in [0, 0.05) is 5.56 Å². The van der Waals surface area contributed by atoms with E-state index >= 15 is 0 Å². The molecule has 0 saturated heterocycles. The number of carbonyl (C=O) groups excluding carboxylic acids is 2. The minimum absolute atomic E-state index is 0.0879. The van der Waals surface area contributed by atoms with Crippen LogP contribution >= 0.6 is 0 Å². The van der Waals surface area contributed by atoms with Crippen molar-refractivity contribution in [2.75, 3.05) is 12.4 Å². The van der Waals surface area contributed by atoms with Crippen molar-refractivity contribution in [3.8, 4) is 11.5 Å². The van der Waals surface area contributed by atoms with Gasteiger partial charge >= 0.3 is 0 Å². The highest BCUT2D eigenvalue weighted by atomic mass is 19.1. The molecule has 0 spiro atoms. The number of Topliss-reactive ketones (excluding diaryl/α,β-unsaturated/α-hetero) is 1. The largest absolute Gasteiger partial charge is 0.493 e. The molecule has 132 valence electrons. The van der Waals surface area contributed by atoms with Crippen LogP contribution in [-0.4, -0.2) is 24.9 Å². The van der Waals surface area contributed by atoms with Gasteiger partial charge in [0.1, 0.15) is 5.82 Å². The van der Waals surface area contributed by atoms with Gasteiger partial charge in [0.2, 0.25) is 0 Å². The lowest BCUT2D eigenvalue weighted by molar-refractivity contribution is -0.122. The Morgan fingerprint density at radius 1 is 1.12 bits per heavy atom. The van der Waals surface area contributed by atoms with Gasteiger partial charge in [-0.2, -0.15) is 0 Å². The molecule has 2 aromatic rings. The highest BCUT2D eigenvalue weighted by Gasteiger charge is 2.19. The average Bonchev–Trinajstić information content (AvgIpc) is 2.57. The summed E-state index contributed by atoms with van der Waals surface area (Å²) in [7, 11) is 1.44. The molecule has 1 N–H and O–H groups in total. The molecular weight excluding hydrogens is 325 g/mol. The summed E-state index contributed by atoms with van der Waals surface area (Å²) in [6.45, 7) is 4.75. The van der Waals surface area contributed by atoms with Crippen molar-refractivity contribution in [2.24, 2.45) is 0 Å². The van der Waals surface area contributed by atoms with E-state index in [9.17, 15) is 14.0 Å². The van der Waals surface area contributed by atoms with E-state index in [1.54, 1.807) is 38.1 Å². The van der Waals surface area contributed by atoms with E-state index in [1.165, 1.54) is 26.2 Å². The van der Waals surface area contributed by atoms with Gasteiger partial charge in [0.15, 0.2) is 23.4 Å². The molecule has 0 heterocycles. The summed E-state index contributed by atoms with van der Waals surface area (Å²) < 4.78 is 24.6. The minimum atomic E-state index is -0.891. The molecule has 0 aliphatic rings. The number of ether oxygens (including phenoxy) is 2. The third-order valence-electron chi connectivity index (χ3n) is 3.63. The molecule has 0 bridgehead atoms. The first-order valence-electron chi connectivity index (χ1n) is 7.74. The molecule has 0 aliphatic heterocycles. The van der Waals surface area contributed by atoms with Crippen molar-refractivity contribution in [1.29, 1.82) is 0 Å². The Morgan fingerprint density at radius 2 is 1.84 bits per heavy atom. The standard InChI is InChI=1S/C19H20FNO4/c1-11-5-7-16(15(20)9-11)21-19(23)13(3)25-17-8-6-14(12(2)22)10-18(17)24-4/h5-10,13H,1-4H3,(H,21,23). The zero-order valence-electron chi connectivity index (χ0n) is 14.6. The SMILES string of the molecule is COc1cc(C(C)=O)ccc1OC(C)C(=O)Nc1ccc(C)cc1F. The molecular formula is C19H20FNO4. The minimum Gasteiger partial charge on any atom is -0.493 e. The van der Waals surface area contributed by atoms with E-state index < -0.39 is 17.8 Å². The molecule has 0 fully saturated rings. The highest BCUT2D eigenvalue weighted by Crippen LogP contribution is 2.29. The second-order valence-corrected chi connectivity index (χ2v) is 5.65. The molecule has 6 heteroatoms. The number of ketones is 1. The molecule has 1 unspecified atom stereocenters. The first kappa shape index (κ1) is 18.4. The quantitative estimate of drug-likeness (QED) is 0.810. The number of carbonyl (C=O) groups is 2. The fourth-order valence-electron chi connectivity index (χ4n) is 2.18. The van der Waals surface area contributed by atoms with Gasteiger partial charge in [-0.05, 0) is 56.7 Å². The molecule has 25 heavy (non-hydrogen) atoms. The fraction of sp³-hybridized carbons (Fsp3) is 0.263. The lowest BCUT2D eigenvalue weighted by Gasteiger charge is -2.17. The third kappa shape index (κ3) is 4.56. The van der Waals surface area contributed by atoms with Crippen molar-refractivity contribution in [3.63, 3.8) is 0 Å². The zero-order valence-corrected chi connectivity index (χ0v) is 14.6. The van der Waals surface area contributed by atoms with Gasteiger partial charge in [0.05, 0.1) is 12.8 Å². The Bertz CT molecular complexity index is 804. The molecule has 5 nitrogen and oxygen atoms in total. The third-order valence-corrected chi connectivity index (χ3v) is 3.63. The summed E-state index contributed by atoms with van der Waals surface area (Å²) >= 11 is 0. The maximum absolute atomic E-state index is 13.8. The normalized spacial score (nSPS) is 11.6. The van der Waals surface area contributed by atoms with Crippen molar-refractivity contribution in [3.05, 3.63) is 53.3 Å². The first-order chi connectivity index (χ1) is 11.8. The van der Waals surface area contributed by atoms with Crippen molar-refractivity contribution in [2.45, 2.75) is 26.9 Å². The van der Waals surface area contributed by atoms with Crippen LogP contribution in [0.1, 0.15) is 29.8 Å². The smallest absolute Gasteiger partial charge is 0.265 e. The molecule has 0 radical (unpaired) electrons. The van der Waals surface area contributed by atoms with E-state index in [2.05, 4.69) is 5.32 Å². The van der Waals surface area contributed by atoms with Crippen LogP contribution in [0.4, 0.5) is 10.1 Å². The van der Waals surface area contributed by atoms with Crippen LogP contribution in [0.2, 0.25) is 0 Å². The number of amides is 1. The van der Waals surface area contributed by atoms with Crippen LogP contribution in [0.5, 0.6) is 11.5 Å². The number of rotatable bonds is 6. The van der Waals surface area contributed by atoms with Crippen LogP contribution in [0.15, 0.2) is 36.4 Å². The second kappa shape index (κ2) is 7.79. The molecule has 1 atom stereocenters. The molecule has 2 aromatic carbocycles. The Morgan fingerprint density at radius 3 is 2.44 bits per heavy atom. The predicted molar refractivity (Wildman–Crippen MR) is 92.9 cm³/mol. The number of methoxy groups -OCH3 is 1. The van der Waals surface area contributed by atoms with Gasteiger partial charge < -0.3 is 14.8 Å². The molecule has 0 aliphatic carbocycles. The number of hydrogen-bond acceptors (Lipinski definition) is 4. The Hall–Kier alpha value is -2.89. The van der Waals surface area contributed by atoms with Gasteiger partial charge in [-0.25, -0.2) is 4.39 Å². The lowest BCUT2D eigenvalue weighted by Crippen LogP contribution is -2.30. The van der Waals surface area contributed by atoms with E-state index in [1.807, 2.05) is 0 Å². The maximum Gasteiger partial charge on any atom is 0.265 e. The number of benzene rings is 2. The Balaban J connectivity index is 2.11. The Labute approximate surface area is 145 Å². The molecule has 2 rings (SSSR count). The second-order valence-electron chi connectivity index (χ2n) is 5.65. The molecule has 1 amide bonds. The van der Waals surface area contributed by atoms with Gasteiger partial charge in [-0.15, -0.1) is 0 Å². The Kier molecular flexibility index (Phi) is 5.75. The van der Waals surface area contributed by atoms with Gasteiger partial charge in [0.25, 0.3) is 5.91 Å². The van der Waals surface area contributed by atoms with Gasteiger partial charge in [-0.3, -0.25) is 9.59 Å². The van der Waals surface area contributed by atoms with E-state index in [0.717, 1.165) is 5.56 Å².